The second-order valence-electron chi connectivity index (χ2n) is 5.05. The Morgan fingerprint density at radius 1 is 1.00 bits per heavy atom. The van der Waals surface area contributed by atoms with Gasteiger partial charge in [-0.05, 0) is 36.4 Å². The van der Waals surface area contributed by atoms with E-state index in [9.17, 15) is 4.79 Å². The van der Waals surface area contributed by atoms with Crippen molar-refractivity contribution in [2.75, 3.05) is 6.79 Å². The minimum absolute atomic E-state index is 0.175. The maximum atomic E-state index is 12.0. The normalized spacial score (nSPS) is 12.9. The second-order valence-corrected chi connectivity index (χ2v) is 5.49. The van der Waals surface area contributed by atoms with Crippen LogP contribution in [0.15, 0.2) is 57.5 Å². The zero-order valence-corrected chi connectivity index (χ0v) is 13.0. The van der Waals surface area contributed by atoms with E-state index < -0.39 is 0 Å². The lowest BCUT2D eigenvalue weighted by atomic mass is 10.1. The zero-order valence-electron chi connectivity index (χ0n) is 12.2. The molecular formula is C16H11ClN4O3. The van der Waals surface area contributed by atoms with Gasteiger partial charge in [-0.15, -0.1) is 5.11 Å². The van der Waals surface area contributed by atoms with Crippen molar-refractivity contribution in [1.29, 1.82) is 0 Å². The van der Waals surface area contributed by atoms with Gasteiger partial charge in [0.05, 0.1) is 11.4 Å². The van der Waals surface area contributed by atoms with E-state index in [2.05, 4.69) is 20.4 Å². The molecule has 0 aliphatic carbocycles. The van der Waals surface area contributed by atoms with Gasteiger partial charge in [-0.2, -0.15) is 5.11 Å². The summed E-state index contributed by atoms with van der Waals surface area (Å²) in [6, 6.07) is 12.3. The zero-order chi connectivity index (χ0) is 16.5. The van der Waals surface area contributed by atoms with Gasteiger partial charge in [0.2, 0.25) is 6.79 Å². The van der Waals surface area contributed by atoms with E-state index in [4.69, 9.17) is 21.1 Å². The highest BCUT2D eigenvalue weighted by Crippen LogP contribution is 2.37. The summed E-state index contributed by atoms with van der Waals surface area (Å²) in [4.78, 5) is 12.0. The molecule has 1 aliphatic rings. The summed E-state index contributed by atoms with van der Waals surface area (Å²) in [5.41, 5.74) is 1.61. The highest BCUT2D eigenvalue weighted by atomic mass is 35.5. The van der Waals surface area contributed by atoms with Crippen LogP contribution >= 0.6 is 11.6 Å². The fourth-order valence-corrected chi connectivity index (χ4v) is 2.54. The number of hydrogen-bond donors (Lipinski definition) is 2. The lowest BCUT2D eigenvalue weighted by Crippen LogP contribution is -1.96. The number of fused-ring (bicyclic) bond motifs is 1. The van der Waals surface area contributed by atoms with Crippen LogP contribution in [0.2, 0.25) is 5.02 Å². The minimum atomic E-state index is -0.367. The van der Waals surface area contributed by atoms with Gasteiger partial charge in [0.25, 0.3) is 5.56 Å². The maximum Gasteiger partial charge on any atom is 0.292 e. The van der Waals surface area contributed by atoms with Crippen LogP contribution in [-0.2, 0) is 0 Å². The van der Waals surface area contributed by atoms with Gasteiger partial charge in [-0.25, -0.2) is 0 Å². The molecule has 4 rings (SSSR count). The highest BCUT2D eigenvalue weighted by molar-refractivity contribution is 6.30. The van der Waals surface area contributed by atoms with E-state index in [1.807, 2.05) is 6.07 Å². The summed E-state index contributed by atoms with van der Waals surface area (Å²) in [6.07, 6.45) is 0. The molecule has 0 fully saturated rings. The number of ether oxygens (including phenoxy) is 2. The van der Waals surface area contributed by atoms with Gasteiger partial charge < -0.3 is 9.47 Å². The topological polar surface area (TPSA) is 91.8 Å². The number of hydrogen-bond acceptors (Lipinski definition) is 5. The fraction of sp³-hybridized carbons (Fsp3) is 0.0625. The number of azo groups is 1. The van der Waals surface area contributed by atoms with Crippen molar-refractivity contribution in [2.45, 2.75) is 0 Å². The molecule has 2 heterocycles. The van der Waals surface area contributed by atoms with E-state index in [0.29, 0.717) is 27.9 Å². The van der Waals surface area contributed by atoms with Crippen molar-refractivity contribution in [2.24, 2.45) is 10.2 Å². The first-order chi connectivity index (χ1) is 11.7. The largest absolute Gasteiger partial charge is 0.454 e. The highest BCUT2D eigenvalue weighted by Gasteiger charge is 2.17. The van der Waals surface area contributed by atoms with E-state index >= 15 is 0 Å². The quantitative estimate of drug-likeness (QED) is 0.700. The number of aromatic amines is 2. The Labute approximate surface area is 140 Å². The van der Waals surface area contributed by atoms with Gasteiger partial charge in [-0.3, -0.25) is 15.0 Å². The van der Waals surface area contributed by atoms with E-state index in [0.717, 1.165) is 5.56 Å². The molecule has 0 bridgehead atoms. The van der Waals surface area contributed by atoms with Crippen molar-refractivity contribution in [3.63, 3.8) is 0 Å². The lowest BCUT2D eigenvalue weighted by molar-refractivity contribution is 0.174. The van der Waals surface area contributed by atoms with Crippen LogP contribution in [-0.4, -0.2) is 17.0 Å². The molecule has 1 aromatic heterocycles. The number of nitrogens with zero attached hydrogens (tertiary/aromatic N) is 2. The Kier molecular flexibility index (Phi) is 3.55. The Balaban J connectivity index is 1.73. The van der Waals surface area contributed by atoms with Crippen molar-refractivity contribution < 1.29 is 9.47 Å². The fourth-order valence-electron chi connectivity index (χ4n) is 2.35. The van der Waals surface area contributed by atoms with E-state index in [1.54, 1.807) is 36.4 Å². The van der Waals surface area contributed by atoms with Crippen LogP contribution in [0.3, 0.4) is 0 Å². The van der Waals surface area contributed by atoms with Crippen molar-refractivity contribution in [1.82, 2.24) is 10.2 Å². The van der Waals surface area contributed by atoms with Gasteiger partial charge in [0, 0.05) is 10.6 Å². The average molecular weight is 343 g/mol. The summed E-state index contributed by atoms with van der Waals surface area (Å²) in [7, 11) is 0. The summed E-state index contributed by atoms with van der Waals surface area (Å²) in [5, 5.41) is 14.0. The third-order valence-corrected chi connectivity index (χ3v) is 3.72. The number of nitrogens with one attached hydrogen (secondary N) is 2. The Bertz CT molecular complexity index is 993. The number of rotatable bonds is 3. The monoisotopic (exact) mass is 342 g/mol. The first kappa shape index (κ1) is 14.5. The molecule has 8 heteroatoms. The summed E-state index contributed by atoms with van der Waals surface area (Å²) < 4.78 is 10.6. The van der Waals surface area contributed by atoms with Crippen LogP contribution < -0.4 is 15.0 Å². The third kappa shape index (κ3) is 2.65. The van der Waals surface area contributed by atoms with Crippen LogP contribution in [0.4, 0.5) is 11.4 Å². The molecule has 1 aliphatic heterocycles. The first-order valence-corrected chi connectivity index (χ1v) is 7.46. The van der Waals surface area contributed by atoms with Gasteiger partial charge in [-0.1, -0.05) is 17.7 Å². The van der Waals surface area contributed by atoms with Crippen molar-refractivity contribution in [3.05, 3.63) is 57.8 Å². The molecule has 24 heavy (non-hydrogen) atoms. The molecule has 7 nitrogen and oxygen atoms in total. The van der Waals surface area contributed by atoms with E-state index in [1.165, 1.54) is 0 Å². The van der Waals surface area contributed by atoms with Gasteiger partial charge in [0.15, 0.2) is 17.2 Å². The predicted octanol–water partition coefficient (Wildman–Crippen LogP) is 4.17. The molecule has 0 amide bonds. The standard InChI is InChI=1S/C16H11ClN4O3/c17-10-2-1-3-11(7-10)18-20-15-14(19-21-16(15)22)9-4-5-12-13(6-9)24-8-23-12/h1-7H,8H2,(H2,19,21,22). The Morgan fingerprint density at radius 3 is 2.75 bits per heavy atom. The molecule has 0 unspecified atom stereocenters. The molecule has 0 spiro atoms. The Morgan fingerprint density at radius 2 is 1.88 bits per heavy atom. The molecule has 2 aromatic carbocycles. The SMILES string of the molecule is O=c1[nH][nH]c(-c2ccc3c(c2)OCO3)c1N=Nc1cccc(Cl)c1. The molecular weight excluding hydrogens is 332 g/mol. The van der Waals surface area contributed by atoms with E-state index in [-0.39, 0.29) is 18.0 Å². The molecule has 120 valence electrons. The predicted molar refractivity (Wildman–Crippen MR) is 88.6 cm³/mol. The molecule has 2 N–H and O–H groups in total. The van der Waals surface area contributed by atoms with Crippen molar-refractivity contribution in [3.8, 4) is 22.8 Å². The second kappa shape index (κ2) is 5.86. The number of benzene rings is 2. The molecule has 0 saturated carbocycles. The van der Waals surface area contributed by atoms with Gasteiger partial charge in [0.1, 0.15) is 0 Å². The van der Waals surface area contributed by atoms with Crippen LogP contribution in [0.5, 0.6) is 11.5 Å². The maximum absolute atomic E-state index is 12.0. The molecule has 0 atom stereocenters. The van der Waals surface area contributed by atoms with Crippen molar-refractivity contribution >= 4 is 23.0 Å². The van der Waals surface area contributed by atoms with Crippen LogP contribution in [0.1, 0.15) is 0 Å². The molecule has 0 radical (unpaired) electrons. The smallest absolute Gasteiger partial charge is 0.292 e. The molecule has 0 saturated heterocycles. The lowest BCUT2D eigenvalue weighted by Gasteiger charge is -2.01. The third-order valence-electron chi connectivity index (χ3n) is 3.49. The summed E-state index contributed by atoms with van der Waals surface area (Å²) in [6.45, 7) is 0.184. The first-order valence-electron chi connectivity index (χ1n) is 7.09. The average Bonchev–Trinajstić information content (AvgIpc) is 3.18. The van der Waals surface area contributed by atoms with Gasteiger partial charge >= 0.3 is 0 Å². The summed E-state index contributed by atoms with van der Waals surface area (Å²) >= 11 is 5.92. The number of halogens is 1. The minimum Gasteiger partial charge on any atom is -0.454 e. The molecule has 3 aromatic rings. The number of aromatic nitrogens is 2. The van der Waals surface area contributed by atoms with Crippen LogP contribution in [0.25, 0.3) is 11.3 Å². The van der Waals surface area contributed by atoms with Crippen LogP contribution in [0, 0.1) is 0 Å². The Hall–Kier alpha value is -3.06. The summed E-state index contributed by atoms with van der Waals surface area (Å²) in [5.74, 6) is 1.28. The number of H-pyrrole nitrogens is 2.